The zero-order valence-electron chi connectivity index (χ0n) is 8.85. The molecule has 0 aliphatic carbocycles. The number of allylic oxidation sites excluding steroid dienone is 4. The average Bonchev–Trinajstić information content (AvgIpc) is 2.08. The first-order chi connectivity index (χ1) is 6.11. The lowest BCUT2D eigenvalue weighted by molar-refractivity contribution is 0.384. The molecule has 0 radical (unpaired) electrons. The first-order valence-corrected chi connectivity index (χ1v) is 4.85. The molecule has 1 heteroatoms. The highest BCUT2D eigenvalue weighted by Gasteiger charge is 2.26. The van der Waals surface area contributed by atoms with E-state index in [1.807, 2.05) is 6.08 Å². The molecular formula is C12H19N. The van der Waals surface area contributed by atoms with Gasteiger partial charge >= 0.3 is 0 Å². The maximum atomic E-state index is 3.83. The van der Waals surface area contributed by atoms with Crippen LogP contribution < -0.4 is 5.32 Å². The fraction of sp³-hybridized carbons (Fsp3) is 0.500. The second kappa shape index (κ2) is 3.82. The number of nitrogens with one attached hydrogen (secondary N) is 1. The maximum absolute atomic E-state index is 3.83. The summed E-state index contributed by atoms with van der Waals surface area (Å²) in [4.78, 5) is 0. The van der Waals surface area contributed by atoms with Crippen LogP contribution in [0.25, 0.3) is 0 Å². The lowest BCUT2D eigenvalue weighted by atomic mass is 9.77. The van der Waals surface area contributed by atoms with Crippen molar-refractivity contribution in [2.75, 3.05) is 6.54 Å². The molecule has 0 spiro atoms. The lowest BCUT2D eigenvalue weighted by Crippen LogP contribution is -2.31. The van der Waals surface area contributed by atoms with Crippen LogP contribution in [0.15, 0.2) is 36.1 Å². The van der Waals surface area contributed by atoms with Gasteiger partial charge in [0.2, 0.25) is 0 Å². The SMILES string of the molecule is C=CC1=C(/C=C\C)C(C)(C)CCN1. The van der Waals surface area contributed by atoms with E-state index < -0.39 is 0 Å². The van der Waals surface area contributed by atoms with Gasteiger partial charge in [0.1, 0.15) is 0 Å². The summed E-state index contributed by atoms with van der Waals surface area (Å²) in [5.41, 5.74) is 2.84. The van der Waals surface area contributed by atoms with Crippen LogP contribution in [0.2, 0.25) is 0 Å². The van der Waals surface area contributed by atoms with Gasteiger partial charge in [0, 0.05) is 12.2 Å². The molecule has 0 amide bonds. The van der Waals surface area contributed by atoms with Crippen molar-refractivity contribution in [2.24, 2.45) is 5.41 Å². The van der Waals surface area contributed by atoms with Crippen molar-refractivity contribution < 1.29 is 0 Å². The number of hydrogen-bond donors (Lipinski definition) is 1. The molecule has 1 aliphatic heterocycles. The van der Waals surface area contributed by atoms with E-state index >= 15 is 0 Å². The summed E-state index contributed by atoms with van der Waals surface area (Å²) in [5, 5.41) is 3.37. The molecule has 72 valence electrons. The molecule has 13 heavy (non-hydrogen) atoms. The Kier molecular flexibility index (Phi) is 2.97. The molecule has 0 aromatic heterocycles. The van der Waals surface area contributed by atoms with Gasteiger partial charge in [-0.2, -0.15) is 0 Å². The van der Waals surface area contributed by atoms with Gasteiger partial charge in [-0.3, -0.25) is 0 Å². The molecular weight excluding hydrogens is 158 g/mol. The molecule has 1 aliphatic rings. The van der Waals surface area contributed by atoms with E-state index in [1.54, 1.807) is 0 Å². The Bertz CT molecular complexity index is 256. The smallest absolute Gasteiger partial charge is 0.0372 e. The van der Waals surface area contributed by atoms with E-state index in [9.17, 15) is 0 Å². The van der Waals surface area contributed by atoms with Gasteiger partial charge in [-0.15, -0.1) is 0 Å². The topological polar surface area (TPSA) is 12.0 Å². The van der Waals surface area contributed by atoms with E-state index in [0.29, 0.717) is 0 Å². The molecule has 0 aromatic carbocycles. The van der Waals surface area contributed by atoms with Crippen LogP contribution in [0, 0.1) is 5.41 Å². The van der Waals surface area contributed by atoms with Gasteiger partial charge in [0.15, 0.2) is 0 Å². The molecule has 0 aromatic rings. The Morgan fingerprint density at radius 3 is 2.69 bits per heavy atom. The summed E-state index contributed by atoms with van der Waals surface area (Å²) in [7, 11) is 0. The predicted octanol–water partition coefficient (Wildman–Crippen LogP) is 3.02. The predicted molar refractivity (Wildman–Crippen MR) is 58.4 cm³/mol. The summed E-state index contributed by atoms with van der Waals surface area (Å²) in [6.45, 7) is 11.5. The summed E-state index contributed by atoms with van der Waals surface area (Å²) in [6, 6.07) is 0. The van der Waals surface area contributed by atoms with E-state index in [2.05, 4.69) is 44.8 Å². The third kappa shape index (κ3) is 2.03. The van der Waals surface area contributed by atoms with Crippen molar-refractivity contribution >= 4 is 0 Å². The van der Waals surface area contributed by atoms with Crippen LogP contribution in [0.4, 0.5) is 0 Å². The van der Waals surface area contributed by atoms with Crippen molar-refractivity contribution in [3.8, 4) is 0 Å². The first kappa shape index (κ1) is 10.1. The molecule has 1 N–H and O–H groups in total. The minimum absolute atomic E-state index is 0.279. The summed E-state index contributed by atoms with van der Waals surface area (Å²) in [5.74, 6) is 0. The molecule has 1 heterocycles. The Balaban J connectivity index is 3.11. The van der Waals surface area contributed by atoms with Crippen LogP contribution in [-0.4, -0.2) is 6.54 Å². The van der Waals surface area contributed by atoms with Crippen LogP contribution in [-0.2, 0) is 0 Å². The zero-order valence-corrected chi connectivity index (χ0v) is 8.85. The molecule has 0 fully saturated rings. The summed E-state index contributed by atoms with van der Waals surface area (Å²) in [6.07, 6.45) is 7.37. The lowest BCUT2D eigenvalue weighted by Gasteiger charge is -2.33. The quantitative estimate of drug-likeness (QED) is 0.683. The Labute approximate surface area is 81.2 Å². The van der Waals surface area contributed by atoms with Gasteiger partial charge in [-0.25, -0.2) is 0 Å². The Morgan fingerprint density at radius 1 is 1.46 bits per heavy atom. The highest BCUT2D eigenvalue weighted by Crippen LogP contribution is 2.35. The minimum Gasteiger partial charge on any atom is -0.385 e. The molecule has 1 rings (SSSR count). The average molecular weight is 177 g/mol. The van der Waals surface area contributed by atoms with Crippen LogP contribution in [0.1, 0.15) is 27.2 Å². The molecule has 0 unspecified atom stereocenters. The first-order valence-electron chi connectivity index (χ1n) is 4.85. The largest absolute Gasteiger partial charge is 0.385 e. The van der Waals surface area contributed by atoms with Crippen molar-refractivity contribution in [3.63, 3.8) is 0 Å². The summed E-state index contributed by atoms with van der Waals surface area (Å²) < 4.78 is 0. The zero-order chi connectivity index (χ0) is 9.90. The van der Waals surface area contributed by atoms with Crippen molar-refractivity contribution in [3.05, 3.63) is 36.1 Å². The fourth-order valence-electron chi connectivity index (χ4n) is 1.77. The highest BCUT2D eigenvalue weighted by atomic mass is 14.9. The van der Waals surface area contributed by atoms with E-state index in [0.717, 1.165) is 6.54 Å². The molecule has 1 nitrogen and oxygen atoms in total. The van der Waals surface area contributed by atoms with Crippen molar-refractivity contribution in [2.45, 2.75) is 27.2 Å². The van der Waals surface area contributed by atoms with Gasteiger partial charge < -0.3 is 5.32 Å². The van der Waals surface area contributed by atoms with Crippen LogP contribution in [0.3, 0.4) is 0 Å². The molecule has 0 saturated heterocycles. The van der Waals surface area contributed by atoms with Crippen LogP contribution >= 0.6 is 0 Å². The van der Waals surface area contributed by atoms with Gasteiger partial charge in [-0.05, 0) is 30.4 Å². The highest BCUT2D eigenvalue weighted by molar-refractivity contribution is 5.37. The Hall–Kier alpha value is -0.980. The van der Waals surface area contributed by atoms with E-state index in [1.165, 1.54) is 17.7 Å². The van der Waals surface area contributed by atoms with Crippen molar-refractivity contribution in [1.29, 1.82) is 0 Å². The molecule has 0 saturated carbocycles. The van der Waals surface area contributed by atoms with E-state index in [-0.39, 0.29) is 5.41 Å². The number of rotatable bonds is 2. The van der Waals surface area contributed by atoms with Gasteiger partial charge in [-0.1, -0.05) is 32.6 Å². The maximum Gasteiger partial charge on any atom is 0.0372 e. The third-order valence-corrected chi connectivity index (χ3v) is 2.62. The van der Waals surface area contributed by atoms with Crippen molar-refractivity contribution in [1.82, 2.24) is 5.32 Å². The van der Waals surface area contributed by atoms with Crippen LogP contribution in [0.5, 0.6) is 0 Å². The van der Waals surface area contributed by atoms with Gasteiger partial charge in [0.25, 0.3) is 0 Å². The monoisotopic (exact) mass is 177 g/mol. The number of hydrogen-bond acceptors (Lipinski definition) is 1. The van der Waals surface area contributed by atoms with Gasteiger partial charge in [0.05, 0.1) is 0 Å². The third-order valence-electron chi connectivity index (χ3n) is 2.62. The molecule has 0 bridgehead atoms. The minimum atomic E-state index is 0.279. The second-order valence-corrected chi connectivity index (χ2v) is 4.09. The summed E-state index contributed by atoms with van der Waals surface area (Å²) >= 11 is 0. The Morgan fingerprint density at radius 2 is 2.15 bits per heavy atom. The second-order valence-electron chi connectivity index (χ2n) is 4.09. The molecule has 0 atom stereocenters. The fourth-order valence-corrected chi connectivity index (χ4v) is 1.77. The standard InChI is InChI=1S/C12H19N/c1-5-7-10-11(6-2)13-9-8-12(10,3)4/h5-7,13H,2,8-9H2,1,3-4H3/b7-5-. The normalized spacial score (nSPS) is 21.8. The van der Waals surface area contributed by atoms with E-state index in [4.69, 9.17) is 0 Å².